The number of aryl methyl sites for hydroxylation is 1. The maximum atomic E-state index is 12.7. The smallest absolute Gasteiger partial charge is 0.294 e. The molecule has 4 rings (SSSR count). The number of nitro groups is 1. The van der Waals surface area contributed by atoms with E-state index in [1.807, 2.05) is 18.2 Å². The molecule has 27 heavy (non-hydrogen) atoms. The quantitative estimate of drug-likeness (QED) is 0.567. The fourth-order valence-electron chi connectivity index (χ4n) is 3.58. The van der Waals surface area contributed by atoms with E-state index in [0.29, 0.717) is 5.69 Å². The van der Waals surface area contributed by atoms with E-state index < -0.39 is 4.92 Å². The highest BCUT2D eigenvalue weighted by Crippen LogP contribution is 2.30. The molecule has 136 valence electrons. The number of fused-ring (bicyclic) bond motifs is 1. The SMILES string of the molecule is O=C(N[C@H]1CCCc2ccccc21)c1ccc(-n2ccnc2)c([N+](=O)[O-])c1. The Morgan fingerprint density at radius 3 is 2.89 bits per heavy atom. The number of rotatable bonds is 4. The number of nitrogens with zero attached hydrogens (tertiary/aromatic N) is 3. The van der Waals surface area contributed by atoms with Crippen LogP contribution >= 0.6 is 0 Å². The number of aromatic nitrogens is 2. The van der Waals surface area contributed by atoms with Crippen molar-refractivity contribution in [3.63, 3.8) is 0 Å². The third-order valence-corrected chi connectivity index (χ3v) is 4.89. The predicted octanol–water partition coefficient (Wildman–Crippen LogP) is 3.59. The zero-order valence-electron chi connectivity index (χ0n) is 14.5. The standard InChI is InChI=1S/C20H18N4O3/c25-20(22-17-7-3-5-14-4-1-2-6-16(14)17)15-8-9-18(19(12-15)24(26)27)23-11-10-21-13-23/h1-2,4,6,8-13,17H,3,5,7H2,(H,22,25)/t17-/m0/s1. The number of hydrogen-bond donors (Lipinski definition) is 1. The van der Waals surface area contributed by atoms with Gasteiger partial charge in [-0.05, 0) is 42.5 Å². The van der Waals surface area contributed by atoms with E-state index in [1.54, 1.807) is 29.1 Å². The Hall–Kier alpha value is -3.48. The molecule has 0 aliphatic heterocycles. The van der Waals surface area contributed by atoms with Crippen molar-refractivity contribution in [3.05, 3.63) is 88.0 Å². The van der Waals surface area contributed by atoms with Gasteiger partial charge in [-0.25, -0.2) is 4.98 Å². The van der Waals surface area contributed by atoms with Crippen LogP contribution in [0.3, 0.4) is 0 Å². The molecule has 7 nitrogen and oxygen atoms in total. The third-order valence-electron chi connectivity index (χ3n) is 4.89. The summed E-state index contributed by atoms with van der Waals surface area (Å²) in [6, 6.07) is 12.5. The molecule has 1 N–H and O–H groups in total. The van der Waals surface area contributed by atoms with Gasteiger partial charge in [-0.15, -0.1) is 0 Å². The summed E-state index contributed by atoms with van der Waals surface area (Å²) >= 11 is 0. The van der Waals surface area contributed by atoms with Gasteiger partial charge < -0.3 is 9.88 Å². The Morgan fingerprint density at radius 2 is 2.11 bits per heavy atom. The van der Waals surface area contributed by atoms with Crippen molar-refractivity contribution >= 4 is 11.6 Å². The largest absolute Gasteiger partial charge is 0.345 e. The zero-order valence-corrected chi connectivity index (χ0v) is 14.5. The van der Waals surface area contributed by atoms with Gasteiger partial charge in [0.25, 0.3) is 11.6 Å². The molecule has 1 aromatic heterocycles. The molecule has 0 fully saturated rings. The van der Waals surface area contributed by atoms with Gasteiger partial charge in [0.1, 0.15) is 5.69 Å². The van der Waals surface area contributed by atoms with Gasteiger partial charge in [-0.2, -0.15) is 0 Å². The highest BCUT2D eigenvalue weighted by molar-refractivity contribution is 5.95. The van der Waals surface area contributed by atoms with Crippen LogP contribution in [0.25, 0.3) is 5.69 Å². The Balaban J connectivity index is 1.62. The van der Waals surface area contributed by atoms with Crippen molar-refractivity contribution < 1.29 is 9.72 Å². The van der Waals surface area contributed by atoms with Crippen LogP contribution < -0.4 is 5.32 Å². The van der Waals surface area contributed by atoms with Crippen molar-refractivity contribution in [2.24, 2.45) is 0 Å². The summed E-state index contributed by atoms with van der Waals surface area (Å²) in [4.78, 5) is 27.7. The number of imidazole rings is 1. The van der Waals surface area contributed by atoms with Gasteiger partial charge in [0.05, 0.1) is 17.3 Å². The average Bonchev–Trinajstić information content (AvgIpc) is 3.22. The van der Waals surface area contributed by atoms with Crippen LogP contribution in [0, 0.1) is 10.1 Å². The Kier molecular flexibility index (Phi) is 4.42. The van der Waals surface area contributed by atoms with E-state index in [2.05, 4.69) is 16.4 Å². The summed E-state index contributed by atoms with van der Waals surface area (Å²) in [7, 11) is 0. The molecule has 1 aliphatic rings. The summed E-state index contributed by atoms with van der Waals surface area (Å²) in [5.41, 5.74) is 2.88. The van der Waals surface area contributed by atoms with Gasteiger partial charge in [0.2, 0.25) is 0 Å². The highest BCUT2D eigenvalue weighted by Gasteiger charge is 2.24. The van der Waals surface area contributed by atoms with Gasteiger partial charge in [-0.3, -0.25) is 14.9 Å². The minimum Gasteiger partial charge on any atom is -0.345 e. The monoisotopic (exact) mass is 362 g/mol. The minimum absolute atomic E-state index is 0.0742. The van der Waals surface area contributed by atoms with Crippen LogP contribution in [0.15, 0.2) is 61.2 Å². The first-order chi connectivity index (χ1) is 13.1. The molecule has 2 aromatic carbocycles. The van der Waals surface area contributed by atoms with Crippen molar-refractivity contribution in [3.8, 4) is 5.69 Å². The van der Waals surface area contributed by atoms with Gasteiger partial charge >= 0.3 is 0 Å². The molecule has 7 heteroatoms. The maximum Gasteiger partial charge on any atom is 0.294 e. The van der Waals surface area contributed by atoms with Gasteiger partial charge in [0.15, 0.2) is 0 Å². The lowest BCUT2D eigenvalue weighted by Crippen LogP contribution is -2.31. The van der Waals surface area contributed by atoms with Crippen molar-refractivity contribution in [2.75, 3.05) is 0 Å². The molecule has 0 radical (unpaired) electrons. The maximum absolute atomic E-state index is 12.7. The van der Waals surface area contributed by atoms with Crippen LogP contribution in [0.2, 0.25) is 0 Å². The Bertz CT molecular complexity index is 998. The molecule has 0 saturated heterocycles. The van der Waals surface area contributed by atoms with Crippen molar-refractivity contribution in [1.82, 2.24) is 14.9 Å². The Morgan fingerprint density at radius 1 is 1.26 bits per heavy atom. The number of nitro benzene ring substituents is 1. The molecule has 1 aliphatic carbocycles. The second kappa shape index (κ2) is 7.03. The summed E-state index contributed by atoms with van der Waals surface area (Å²) in [5, 5.41) is 14.5. The molecule has 1 atom stereocenters. The average molecular weight is 362 g/mol. The predicted molar refractivity (Wildman–Crippen MR) is 99.8 cm³/mol. The summed E-state index contributed by atoms with van der Waals surface area (Å²) in [6.45, 7) is 0. The first kappa shape index (κ1) is 17.0. The molecular weight excluding hydrogens is 344 g/mol. The van der Waals surface area contributed by atoms with E-state index in [4.69, 9.17) is 0 Å². The fraction of sp³-hybridized carbons (Fsp3) is 0.200. The molecule has 1 heterocycles. The van der Waals surface area contributed by atoms with Crippen LogP contribution in [0.4, 0.5) is 5.69 Å². The zero-order chi connectivity index (χ0) is 18.8. The summed E-state index contributed by atoms with van der Waals surface area (Å²) in [5.74, 6) is -0.308. The molecule has 1 amide bonds. The molecule has 0 unspecified atom stereocenters. The third kappa shape index (κ3) is 3.31. The molecule has 0 spiro atoms. The normalized spacial score (nSPS) is 15.8. The molecule has 0 bridgehead atoms. The van der Waals surface area contributed by atoms with E-state index in [9.17, 15) is 14.9 Å². The van der Waals surface area contributed by atoms with E-state index in [-0.39, 0.29) is 23.2 Å². The highest BCUT2D eigenvalue weighted by atomic mass is 16.6. The lowest BCUT2D eigenvalue weighted by atomic mass is 9.87. The van der Waals surface area contributed by atoms with E-state index in [0.717, 1.165) is 24.8 Å². The van der Waals surface area contributed by atoms with Crippen molar-refractivity contribution in [2.45, 2.75) is 25.3 Å². The topological polar surface area (TPSA) is 90.1 Å². The van der Waals surface area contributed by atoms with Gasteiger partial charge in [-0.1, -0.05) is 24.3 Å². The number of carbonyl (C=O) groups is 1. The fourth-order valence-corrected chi connectivity index (χ4v) is 3.58. The van der Waals surface area contributed by atoms with E-state index in [1.165, 1.54) is 18.0 Å². The van der Waals surface area contributed by atoms with Crippen LogP contribution in [-0.4, -0.2) is 20.4 Å². The second-order valence-corrected chi connectivity index (χ2v) is 6.55. The number of hydrogen-bond acceptors (Lipinski definition) is 4. The minimum atomic E-state index is -0.484. The lowest BCUT2D eigenvalue weighted by molar-refractivity contribution is -0.384. The number of carbonyl (C=O) groups excluding carboxylic acids is 1. The molecule has 0 saturated carbocycles. The Labute approximate surface area is 155 Å². The summed E-state index contributed by atoms with van der Waals surface area (Å²) < 4.78 is 1.55. The van der Waals surface area contributed by atoms with Gasteiger partial charge in [0, 0.05) is 24.0 Å². The van der Waals surface area contributed by atoms with E-state index >= 15 is 0 Å². The first-order valence-electron chi connectivity index (χ1n) is 8.79. The van der Waals surface area contributed by atoms with Crippen LogP contribution in [0.5, 0.6) is 0 Å². The van der Waals surface area contributed by atoms with Crippen LogP contribution in [0.1, 0.15) is 40.4 Å². The summed E-state index contributed by atoms with van der Waals surface area (Å²) in [6.07, 6.45) is 7.53. The first-order valence-corrected chi connectivity index (χ1v) is 8.79. The second-order valence-electron chi connectivity index (χ2n) is 6.55. The lowest BCUT2D eigenvalue weighted by Gasteiger charge is -2.26. The van der Waals surface area contributed by atoms with Crippen LogP contribution in [-0.2, 0) is 6.42 Å². The number of nitrogens with one attached hydrogen (secondary N) is 1. The number of amides is 1. The van der Waals surface area contributed by atoms with Crippen molar-refractivity contribution in [1.29, 1.82) is 0 Å². The molecular formula is C20H18N4O3. The molecule has 3 aromatic rings. The number of benzene rings is 2.